The van der Waals surface area contributed by atoms with Crippen LogP contribution in [-0.4, -0.2) is 55.9 Å². The molecule has 0 bridgehead atoms. The van der Waals surface area contributed by atoms with Gasteiger partial charge in [-0.25, -0.2) is 0 Å². The van der Waals surface area contributed by atoms with Crippen molar-refractivity contribution in [3.05, 3.63) is 11.6 Å². The van der Waals surface area contributed by atoms with Crippen LogP contribution in [0, 0.1) is 0 Å². The highest BCUT2D eigenvalue weighted by Crippen LogP contribution is 1.87. The summed E-state index contributed by atoms with van der Waals surface area (Å²) < 4.78 is 0. The Kier molecular flexibility index (Phi) is 4.17. The predicted octanol–water partition coefficient (Wildman–Crippen LogP) is -3.37. The van der Waals surface area contributed by atoms with Crippen molar-refractivity contribution in [3.63, 3.8) is 0 Å². The number of carbonyl (C=O) groups is 2. The third-order valence-corrected chi connectivity index (χ3v) is 1.36. The van der Waals surface area contributed by atoms with Gasteiger partial charge in [0.15, 0.2) is 0 Å². The van der Waals surface area contributed by atoms with Crippen molar-refractivity contribution in [3.8, 4) is 0 Å². The van der Waals surface area contributed by atoms with Crippen molar-refractivity contribution in [1.82, 2.24) is 31.0 Å². The molecule has 0 aliphatic rings. The summed E-state index contributed by atoms with van der Waals surface area (Å²) in [6.07, 6.45) is 0. The van der Waals surface area contributed by atoms with Gasteiger partial charge in [0.2, 0.25) is 0 Å². The summed E-state index contributed by atoms with van der Waals surface area (Å²) >= 11 is 0. The van der Waals surface area contributed by atoms with Crippen molar-refractivity contribution in [1.29, 1.82) is 0 Å². The number of carbonyl (C=O) groups excluding carboxylic acids is 2. The Morgan fingerprint density at radius 1 is 0.875 bits per heavy atom. The van der Waals surface area contributed by atoms with Crippen molar-refractivity contribution in [2.24, 2.45) is 0 Å². The molecule has 0 aliphatic carbocycles. The number of aliphatic hydroxyl groups is 2. The highest BCUT2D eigenvalue weighted by atomic mass is 16.3. The summed E-state index contributed by atoms with van der Waals surface area (Å²) in [4.78, 5) is 22.1. The van der Waals surface area contributed by atoms with Crippen LogP contribution < -0.4 is 10.6 Å². The minimum Gasteiger partial charge on any atom is -0.376 e. The number of aromatic nitrogens is 4. The molecule has 0 saturated heterocycles. The van der Waals surface area contributed by atoms with Crippen LogP contribution in [0.5, 0.6) is 0 Å². The minimum absolute atomic E-state index is 0.380. The summed E-state index contributed by atoms with van der Waals surface area (Å²) in [5, 5.41) is 34.0. The Bertz CT molecular complexity index is 342. The zero-order valence-corrected chi connectivity index (χ0v) is 7.91. The van der Waals surface area contributed by atoms with Gasteiger partial charge >= 0.3 is 0 Å². The average molecular weight is 228 g/mol. The normalized spacial score (nSPS) is 9.62. The maximum absolute atomic E-state index is 11.0. The molecule has 10 nitrogen and oxygen atoms in total. The van der Waals surface area contributed by atoms with Gasteiger partial charge in [0.1, 0.15) is 13.5 Å². The Morgan fingerprint density at radius 2 is 1.19 bits per heavy atom. The van der Waals surface area contributed by atoms with Crippen LogP contribution in [0.25, 0.3) is 0 Å². The molecule has 16 heavy (non-hydrogen) atoms. The summed E-state index contributed by atoms with van der Waals surface area (Å²) in [5.41, 5.74) is 0. The van der Waals surface area contributed by atoms with Crippen LogP contribution in [-0.2, 0) is 0 Å². The smallest absolute Gasteiger partial charge is 0.294 e. The predicted molar refractivity (Wildman–Crippen MR) is 46.7 cm³/mol. The van der Waals surface area contributed by atoms with E-state index in [0.717, 1.165) is 0 Å². The number of amides is 2. The molecule has 0 aromatic carbocycles. The van der Waals surface area contributed by atoms with Gasteiger partial charge < -0.3 is 20.8 Å². The van der Waals surface area contributed by atoms with Crippen LogP contribution in [0.2, 0.25) is 0 Å². The average Bonchev–Trinajstić information content (AvgIpc) is 2.30. The van der Waals surface area contributed by atoms with Gasteiger partial charge in [0.25, 0.3) is 23.5 Å². The molecule has 0 atom stereocenters. The topological polar surface area (TPSA) is 150 Å². The lowest BCUT2D eigenvalue weighted by Crippen LogP contribution is -2.30. The molecule has 0 fully saturated rings. The SMILES string of the molecule is O=C(NCO)c1nnc(C(=O)NCO)nn1. The first-order valence-electron chi connectivity index (χ1n) is 4.04. The first-order valence-corrected chi connectivity index (χ1v) is 4.04. The van der Waals surface area contributed by atoms with E-state index in [1.54, 1.807) is 0 Å². The molecule has 2 amide bonds. The molecule has 0 spiro atoms. The zero-order chi connectivity index (χ0) is 12.0. The molecular weight excluding hydrogens is 220 g/mol. The van der Waals surface area contributed by atoms with E-state index >= 15 is 0 Å². The molecule has 1 rings (SSSR count). The largest absolute Gasteiger partial charge is 0.376 e. The summed E-state index contributed by atoms with van der Waals surface area (Å²) in [7, 11) is 0. The number of nitrogens with zero attached hydrogens (tertiary/aromatic N) is 4. The number of hydrogen-bond donors (Lipinski definition) is 4. The van der Waals surface area contributed by atoms with Gasteiger partial charge in [-0.2, -0.15) is 0 Å². The molecule has 1 aromatic rings. The Balaban J connectivity index is 2.75. The van der Waals surface area contributed by atoms with Gasteiger partial charge in [-0.3, -0.25) is 9.59 Å². The first-order chi connectivity index (χ1) is 7.69. The van der Waals surface area contributed by atoms with E-state index in [1.165, 1.54) is 0 Å². The molecule has 0 unspecified atom stereocenters. The van der Waals surface area contributed by atoms with Crippen LogP contribution in [0.15, 0.2) is 0 Å². The summed E-state index contributed by atoms with van der Waals surface area (Å²) in [6, 6.07) is 0. The molecule has 86 valence electrons. The number of hydrogen-bond acceptors (Lipinski definition) is 8. The molecule has 1 heterocycles. The molecule has 0 saturated carbocycles. The van der Waals surface area contributed by atoms with Crippen LogP contribution in [0.3, 0.4) is 0 Å². The third kappa shape index (κ3) is 2.90. The lowest BCUT2D eigenvalue weighted by atomic mass is 10.5. The van der Waals surface area contributed by atoms with E-state index in [0.29, 0.717) is 0 Å². The number of rotatable bonds is 4. The second-order valence-electron chi connectivity index (χ2n) is 2.38. The maximum Gasteiger partial charge on any atom is 0.294 e. The van der Waals surface area contributed by atoms with Gasteiger partial charge in [-0.1, -0.05) is 0 Å². The first kappa shape index (κ1) is 11.9. The van der Waals surface area contributed by atoms with Gasteiger partial charge in [-0.05, 0) is 0 Å². The molecule has 1 aromatic heterocycles. The molecule has 0 aliphatic heterocycles. The Morgan fingerprint density at radius 3 is 1.44 bits per heavy atom. The van der Waals surface area contributed by atoms with Crippen LogP contribution in [0.4, 0.5) is 0 Å². The van der Waals surface area contributed by atoms with Crippen LogP contribution >= 0.6 is 0 Å². The lowest BCUT2D eigenvalue weighted by Gasteiger charge is -2.00. The van der Waals surface area contributed by atoms with Gasteiger partial charge in [0.05, 0.1) is 0 Å². The van der Waals surface area contributed by atoms with Crippen molar-refractivity contribution >= 4 is 11.8 Å². The fraction of sp³-hybridized carbons (Fsp3) is 0.333. The fourth-order valence-electron chi connectivity index (χ4n) is 0.713. The lowest BCUT2D eigenvalue weighted by molar-refractivity contribution is 0.0874. The van der Waals surface area contributed by atoms with E-state index in [2.05, 4.69) is 20.4 Å². The van der Waals surface area contributed by atoms with E-state index < -0.39 is 25.3 Å². The number of aliphatic hydroxyl groups excluding tert-OH is 2. The quantitative estimate of drug-likeness (QED) is 0.390. The second-order valence-corrected chi connectivity index (χ2v) is 2.38. The van der Waals surface area contributed by atoms with Crippen molar-refractivity contribution in [2.75, 3.05) is 13.5 Å². The number of nitrogens with one attached hydrogen (secondary N) is 2. The monoisotopic (exact) mass is 228 g/mol. The van der Waals surface area contributed by atoms with E-state index in [9.17, 15) is 9.59 Å². The molecule has 4 N–H and O–H groups in total. The zero-order valence-electron chi connectivity index (χ0n) is 7.91. The fourth-order valence-corrected chi connectivity index (χ4v) is 0.713. The van der Waals surface area contributed by atoms with Crippen molar-refractivity contribution < 1.29 is 19.8 Å². The Labute approximate surface area is 88.7 Å². The maximum atomic E-state index is 11.0. The molecule has 0 radical (unpaired) electrons. The van der Waals surface area contributed by atoms with Gasteiger partial charge in [-0.15, -0.1) is 20.4 Å². The summed E-state index contributed by atoms with van der Waals surface area (Å²) in [6.45, 7) is -1.15. The van der Waals surface area contributed by atoms with E-state index in [4.69, 9.17) is 10.2 Å². The highest BCUT2D eigenvalue weighted by Gasteiger charge is 2.13. The van der Waals surface area contributed by atoms with Gasteiger partial charge in [0, 0.05) is 0 Å². The third-order valence-electron chi connectivity index (χ3n) is 1.36. The second kappa shape index (κ2) is 5.63. The molecular formula is C6H8N6O4. The highest BCUT2D eigenvalue weighted by molar-refractivity contribution is 5.91. The summed E-state index contributed by atoms with van der Waals surface area (Å²) in [5.74, 6) is -2.29. The van der Waals surface area contributed by atoms with E-state index in [-0.39, 0.29) is 11.6 Å². The molecule has 10 heteroatoms. The van der Waals surface area contributed by atoms with Crippen molar-refractivity contribution in [2.45, 2.75) is 0 Å². The standard InChI is InChI=1S/C6H8N6O4/c13-1-7-5(15)3-9-11-4(12-10-3)6(16)8-2-14/h13-14H,1-2H2,(H,7,15)(H,8,16). The Hall–Kier alpha value is -2.20. The van der Waals surface area contributed by atoms with Crippen LogP contribution in [0.1, 0.15) is 21.2 Å². The van der Waals surface area contributed by atoms with E-state index in [1.807, 2.05) is 10.6 Å². The minimum atomic E-state index is -0.767.